The van der Waals surface area contributed by atoms with Crippen LogP contribution in [0.25, 0.3) is 11.0 Å². The number of carbonyl (C=O) groups excluding carboxylic acids is 1. The average Bonchev–Trinajstić information content (AvgIpc) is 3.09. The monoisotopic (exact) mass is 315 g/mol. The Morgan fingerprint density at radius 2 is 2.17 bits per heavy atom. The molecule has 0 fully saturated rings. The van der Waals surface area contributed by atoms with Crippen molar-refractivity contribution in [1.82, 2.24) is 19.7 Å². The van der Waals surface area contributed by atoms with Crippen LogP contribution in [-0.4, -0.2) is 36.7 Å². The standard InChI is InChI=1S/C14H13N5O4/c1-2-19-10-4-3-7(5-8(10)17-14(19)23)12(20)16-9-6-15-18-11(9)13(21)22/h3-6H,2H2,1H3,(H,15,18)(H,16,20)(H,17,23)(H,21,22). The van der Waals surface area contributed by atoms with E-state index in [9.17, 15) is 14.4 Å². The van der Waals surface area contributed by atoms with Gasteiger partial charge >= 0.3 is 11.7 Å². The van der Waals surface area contributed by atoms with Crippen LogP contribution in [0.15, 0.2) is 29.2 Å². The molecule has 1 amide bonds. The van der Waals surface area contributed by atoms with Crippen LogP contribution in [0.3, 0.4) is 0 Å². The molecular formula is C14H13N5O4. The molecule has 1 aromatic carbocycles. The number of carboxylic acids is 1. The molecule has 2 aromatic heterocycles. The molecule has 0 aliphatic carbocycles. The Hall–Kier alpha value is -3.36. The van der Waals surface area contributed by atoms with Gasteiger partial charge < -0.3 is 15.4 Å². The number of imidazole rings is 1. The molecule has 0 saturated carbocycles. The molecule has 0 aliphatic heterocycles. The number of aryl methyl sites for hydroxylation is 1. The first-order valence-corrected chi connectivity index (χ1v) is 6.82. The number of nitrogens with zero attached hydrogens (tertiary/aromatic N) is 2. The van der Waals surface area contributed by atoms with Gasteiger partial charge in [-0.15, -0.1) is 0 Å². The Kier molecular flexibility index (Phi) is 3.45. The highest BCUT2D eigenvalue weighted by Crippen LogP contribution is 2.16. The van der Waals surface area contributed by atoms with Crippen molar-refractivity contribution < 1.29 is 14.7 Å². The van der Waals surface area contributed by atoms with Crippen LogP contribution in [0.5, 0.6) is 0 Å². The van der Waals surface area contributed by atoms with E-state index in [2.05, 4.69) is 20.5 Å². The summed E-state index contributed by atoms with van der Waals surface area (Å²) in [6, 6.07) is 4.77. The van der Waals surface area contributed by atoms with Gasteiger partial charge in [-0.25, -0.2) is 9.59 Å². The second kappa shape index (κ2) is 5.44. The summed E-state index contributed by atoms with van der Waals surface area (Å²) in [4.78, 5) is 37.7. The summed E-state index contributed by atoms with van der Waals surface area (Å²) in [6.45, 7) is 2.36. The fourth-order valence-corrected chi connectivity index (χ4v) is 2.36. The molecular weight excluding hydrogens is 302 g/mol. The highest BCUT2D eigenvalue weighted by Gasteiger charge is 2.16. The second-order valence-corrected chi connectivity index (χ2v) is 4.82. The number of aromatic amines is 2. The van der Waals surface area contributed by atoms with Crippen molar-refractivity contribution in [2.75, 3.05) is 5.32 Å². The molecule has 118 valence electrons. The van der Waals surface area contributed by atoms with Crippen LogP contribution in [0.2, 0.25) is 0 Å². The molecule has 4 N–H and O–H groups in total. The lowest BCUT2D eigenvalue weighted by molar-refractivity contribution is 0.0691. The molecule has 0 unspecified atom stereocenters. The van der Waals surface area contributed by atoms with Crippen LogP contribution >= 0.6 is 0 Å². The maximum absolute atomic E-state index is 12.2. The normalized spacial score (nSPS) is 10.8. The molecule has 0 spiro atoms. The topological polar surface area (TPSA) is 133 Å². The third-order valence-corrected chi connectivity index (χ3v) is 3.45. The zero-order valence-corrected chi connectivity index (χ0v) is 12.1. The Bertz CT molecular complexity index is 965. The number of anilines is 1. The van der Waals surface area contributed by atoms with Crippen molar-refractivity contribution in [2.24, 2.45) is 0 Å². The van der Waals surface area contributed by atoms with Crippen LogP contribution in [0, 0.1) is 0 Å². The first-order chi connectivity index (χ1) is 11.0. The van der Waals surface area contributed by atoms with Gasteiger partial charge in [0.1, 0.15) is 0 Å². The molecule has 9 heteroatoms. The van der Waals surface area contributed by atoms with Gasteiger partial charge in [0.25, 0.3) is 5.91 Å². The summed E-state index contributed by atoms with van der Waals surface area (Å²) in [5, 5.41) is 17.3. The summed E-state index contributed by atoms with van der Waals surface area (Å²) >= 11 is 0. The largest absolute Gasteiger partial charge is 0.476 e. The number of hydrogen-bond donors (Lipinski definition) is 4. The van der Waals surface area contributed by atoms with Crippen molar-refractivity contribution in [3.05, 3.63) is 46.1 Å². The van der Waals surface area contributed by atoms with E-state index in [1.165, 1.54) is 6.20 Å². The van der Waals surface area contributed by atoms with Gasteiger partial charge in [-0.05, 0) is 25.1 Å². The Morgan fingerprint density at radius 3 is 2.87 bits per heavy atom. The second-order valence-electron chi connectivity index (χ2n) is 4.82. The van der Waals surface area contributed by atoms with Crippen LogP contribution in [0.1, 0.15) is 27.8 Å². The number of amides is 1. The van der Waals surface area contributed by atoms with Gasteiger partial charge in [0, 0.05) is 12.1 Å². The first-order valence-electron chi connectivity index (χ1n) is 6.82. The minimum absolute atomic E-state index is 0.0715. The molecule has 0 aliphatic rings. The number of fused-ring (bicyclic) bond motifs is 1. The Balaban J connectivity index is 1.93. The van der Waals surface area contributed by atoms with Gasteiger partial charge in [-0.1, -0.05) is 0 Å². The summed E-state index contributed by atoms with van der Waals surface area (Å²) in [5.74, 6) is -1.72. The smallest absolute Gasteiger partial charge is 0.356 e. The first kappa shape index (κ1) is 14.6. The third-order valence-electron chi connectivity index (χ3n) is 3.45. The Labute approximate surface area is 128 Å². The van der Waals surface area contributed by atoms with Gasteiger partial charge in [0.05, 0.1) is 22.9 Å². The molecule has 0 radical (unpaired) electrons. The number of nitrogens with one attached hydrogen (secondary N) is 3. The molecule has 0 saturated heterocycles. The number of aromatic carboxylic acids is 1. The van der Waals surface area contributed by atoms with E-state index in [1.807, 2.05) is 6.92 Å². The summed E-state index contributed by atoms with van der Waals surface area (Å²) in [5.41, 5.74) is 1.15. The predicted molar refractivity (Wildman–Crippen MR) is 81.7 cm³/mol. The lowest BCUT2D eigenvalue weighted by atomic mass is 10.2. The number of rotatable bonds is 4. The van der Waals surface area contributed by atoms with Crippen molar-refractivity contribution in [3.63, 3.8) is 0 Å². The molecule has 3 aromatic rings. The van der Waals surface area contributed by atoms with E-state index in [-0.39, 0.29) is 17.1 Å². The molecule has 23 heavy (non-hydrogen) atoms. The van der Waals surface area contributed by atoms with Gasteiger partial charge in [-0.3, -0.25) is 14.5 Å². The highest BCUT2D eigenvalue weighted by molar-refractivity contribution is 6.08. The molecule has 2 heterocycles. The summed E-state index contributed by atoms with van der Waals surface area (Å²) in [6.07, 6.45) is 1.22. The fourth-order valence-electron chi connectivity index (χ4n) is 2.36. The van der Waals surface area contributed by atoms with Crippen LogP contribution in [-0.2, 0) is 6.54 Å². The molecule has 0 bridgehead atoms. The van der Waals surface area contributed by atoms with Crippen LogP contribution < -0.4 is 11.0 Å². The van der Waals surface area contributed by atoms with E-state index in [4.69, 9.17) is 5.11 Å². The number of aromatic nitrogens is 4. The number of benzene rings is 1. The Morgan fingerprint density at radius 1 is 1.39 bits per heavy atom. The van der Waals surface area contributed by atoms with Gasteiger partial charge in [0.15, 0.2) is 5.69 Å². The lowest BCUT2D eigenvalue weighted by Gasteiger charge is -2.04. The third kappa shape index (κ3) is 2.48. The maximum atomic E-state index is 12.2. The number of H-pyrrole nitrogens is 2. The van der Waals surface area contributed by atoms with Gasteiger partial charge in [-0.2, -0.15) is 5.10 Å². The van der Waals surface area contributed by atoms with E-state index in [0.717, 1.165) is 0 Å². The summed E-state index contributed by atoms with van der Waals surface area (Å²) < 4.78 is 1.55. The van der Waals surface area contributed by atoms with Gasteiger partial charge in [0.2, 0.25) is 0 Å². The number of carbonyl (C=O) groups is 2. The van der Waals surface area contributed by atoms with Crippen molar-refractivity contribution in [2.45, 2.75) is 13.5 Å². The molecule has 3 rings (SSSR count). The highest BCUT2D eigenvalue weighted by atomic mass is 16.4. The van der Waals surface area contributed by atoms with E-state index in [0.29, 0.717) is 23.1 Å². The quantitative estimate of drug-likeness (QED) is 0.570. The number of carboxylic acid groups (broad SMARTS) is 1. The SMILES string of the molecule is CCn1c(=O)[nH]c2cc(C(=O)Nc3cn[nH]c3C(=O)O)ccc21. The van der Waals surface area contributed by atoms with E-state index in [1.54, 1.807) is 22.8 Å². The van der Waals surface area contributed by atoms with Crippen LogP contribution in [0.4, 0.5) is 5.69 Å². The number of hydrogen-bond acceptors (Lipinski definition) is 4. The summed E-state index contributed by atoms with van der Waals surface area (Å²) in [7, 11) is 0. The maximum Gasteiger partial charge on any atom is 0.356 e. The molecule has 9 nitrogen and oxygen atoms in total. The zero-order chi connectivity index (χ0) is 16.6. The van der Waals surface area contributed by atoms with Crippen molar-refractivity contribution in [3.8, 4) is 0 Å². The predicted octanol–water partition coefficient (Wildman–Crippen LogP) is 1.02. The fraction of sp³-hybridized carbons (Fsp3) is 0.143. The average molecular weight is 315 g/mol. The van der Waals surface area contributed by atoms with Crippen molar-refractivity contribution in [1.29, 1.82) is 0 Å². The van der Waals surface area contributed by atoms with Crippen molar-refractivity contribution >= 4 is 28.6 Å². The van der Waals surface area contributed by atoms with E-state index >= 15 is 0 Å². The minimum Gasteiger partial charge on any atom is -0.476 e. The minimum atomic E-state index is -1.22. The zero-order valence-electron chi connectivity index (χ0n) is 12.1. The molecule has 0 atom stereocenters. The van der Waals surface area contributed by atoms with E-state index < -0.39 is 11.9 Å². The lowest BCUT2D eigenvalue weighted by Crippen LogP contribution is -2.15.